The molecule has 5 heteroatoms. The number of carbonyl (C=O) groups excluding carboxylic acids is 1. The standard InChI is InChI=1S/C23H25N3O2/c1-28-22-13-7-2-8-17(22)16-24-25-23(27)14-15-26-20-11-5-3-9-18(20)19-10-4-6-12-21(19)26/h2-3,5,7-9,11,13,16H,4,6,10,12,14-15H2,1H3,(H,25,27)/b24-16+. The maximum absolute atomic E-state index is 12.3. The van der Waals surface area contributed by atoms with E-state index in [0.29, 0.717) is 13.0 Å². The number of hydrazone groups is 1. The maximum atomic E-state index is 12.3. The van der Waals surface area contributed by atoms with Crippen molar-refractivity contribution in [2.45, 2.75) is 38.6 Å². The molecule has 5 nitrogen and oxygen atoms in total. The number of nitrogens with zero attached hydrogens (tertiary/aromatic N) is 2. The maximum Gasteiger partial charge on any atom is 0.241 e. The Balaban J connectivity index is 1.44. The van der Waals surface area contributed by atoms with Crippen LogP contribution >= 0.6 is 0 Å². The van der Waals surface area contributed by atoms with Crippen molar-refractivity contribution in [3.63, 3.8) is 0 Å². The summed E-state index contributed by atoms with van der Waals surface area (Å²) in [6.07, 6.45) is 6.71. The number of ether oxygens (including phenoxy) is 1. The molecule has 1 aromatic heterocycles. The fraction of sp³-hybridized carbons (Fsp3) is 0.304. The first-order valence-electron chi connectivity index (χ1n) is 9.82. The molecule has 0 unspecified atom stereocenters. The van der Waals surface area contributed by atoms with Crippen LogP contribution in [0.1, 0.15) is 36.1 Å². The van der Waals surface area contributed by atoms with Crippen LogP contribution in [0.4, 0.5) is 0 Å². The second kappa shape index (κ2) is 8.30. The number of aromatic nitrogens is 1. The molecule has 2 aromatic carbocycles. The summed E-state index contributed by atoms with van der Waals surface area (Å²) in [5.74, 6) is 0.638. The van der Waals surface area contributed by atoms with E-state index in [-0.39, 0.29) is 5.91 Å². The Morgan fingerprint density at radius 2 is 1.93 bits per heavy atom. The molecule has 144 valence electrons. The lowest BCUT2D eigenvalue weighted by Gasteiger charge is -2.15. The number of methoxy groups -OCH3 is 1. The molecule has 1 aliphatic carbocycles. The summed E-state index contributed by atoms with van der Waals surface area (Å²) < 4.78 is 7.61. The molecule has 28 heavy (non-hydrogen) atoms. The molecule has 1 amide bonds. The van der Waals surface area contributed by atoms with Crippen LogP contribution in [0.3, 0.4) is 0 Å². The molecule has 3 aromatic rings. The first-order chi connectivity index (χ1) is 13.8. The molecule has 4 rings (SSSR count). The summed E-state index contributed by atoms with van der Waals surface area (Å²) >= 11 is 0. The van der Waals surface area contributed by atoms with Gasteiger partial charge in [0, 0.05) is 35.1 Å². The van der Waals surface area contributed by atoms with E-state index in [0.717, 1.165) is 24.2 Å². The number of rotatable bonds is 6. The van der Waals surface area contributed by atoms with E-state index < -0.39 is 0 Å². The normalized spacial score (nSPS) is 13.6. The number of amides is 1. The first kappa shape index (κ1) is 18.3. The highest BCUT2D eigenvalue weighted by Crippen LogP contribution is 2.32. The van der Waals surface area contributed by atoms with Crippen molar-refractivity contribution in [3.8, 4) is 5.75 Å². The Kier molecular flexibility index (Phi) is 5.42. The second-order valence-electron chi connectivity index (χ2n) is 7.09. The molecule has 0 saturated carbocycles. The zero-order valence-electron chi connectivity index (χ0n) is 16.1. The molecule has 1 heterocycles. The minimum atomic E-state index is -0.0894. The van der Waals surface area contributed by atoms with Crippen LogP contribution in [0.2, 0.25) is 0 Å². The summed E-state index contributed by atoms with van der Waals surface area (Å²) in [5.41, 5.74) is 7.57. The summed E-state index contributed by atoms with van der Waals surface area (Å²) in [7, 11) is 1.62. The van der Waals surface area contributed by atoms with Crippen molar-refractivity contribution in [3.05, 3.63) is 65.4 Å². The number of hydrogen-bond donors (Lipinski definition) is 1. The van der Waals surface area contributed by atoms with Gasteiger partial charge < -0.3 is 9.30 Å². The smallest absolute Gasteiger partial charge is 0.241 e. The quantitative estimate of drug-likeness (QED) is 0.522. The van der Waals surface area contributed by atoms with Crippen LogP contribution in [-0.4, -0.2) is 23.8 Å². The van der Waals surface area contributed by atoms with Gasteiger partial charge in [-0.3, -0.25) is 4.79 Å². The molecule has 0 saturated heterocycles. The number of fused-ring (bicyclic) bond motifs is 3. The van der Waals surface area contributed by atoms with E-state index >= 15 is 0 Å². The number of hydrogen-bond acceptors (Lipinski definition) is 3. The average Bonchev–Trinajstić information content (AvgIpc) is 3.06. The third-order valence-corrected chi connectivity index (χ3v) is 5.38. The third kappa shape index (κ3) is 3.65. The highest BCUT2D eigenvalue weighted by molar-refractivity contribution is 5.87. The molecule has 0 aliphatic heterocycles. The van der Waals surface area contributed by atoms with Gasteiger partial charge in [0.15, 0.2) is 0 Å². The summed E-state index contributed by atoms with van der Waals surface area (Å²) in [6.45, 7) is 0.672. The molecule has 1 N–H and O–H groups in total. The topological polar surface area (TPSA) is 55.6 Å². The number of aryl methyl sites for hydroxylation is 2. The van der Waals surface area contributed by atoms with Crippen LogP contribution in [-0.2, 0) is 24.2 Å². The molecule has 0 bridgehead atoms. The third-order valence-electron chi connectivity index (χ3n) is 5.38. The predicted octanol–water partition coefficient (Wildman–Crippen LogP) is 4.07. The highest BCUT2D eigenvalue weighted by Gasteiger charge is 2.19. The highest BCUT2D eigenvalue weighted by atomic mass is 16.5. The molecule has 0 spiro atoms. The second-order valence-corrected chi connectivity index (χ2v) is 7.09. The molecule has 0 fully saturated rings. The van der Waals surface area contributed by atoms with Crippen LogP contribution in [0, 0.1) is 0 Å². The fourth-order valence-electron chi connectivity index (χ4n) is 4.06. The first-order valence-corrected chi connectivity index (χ1v) is 9.82. The van der Waals surface area contributed by atoms with E-state index in [9.17, 15) is 4.79 Å². The van der Waals surface area contributed by atoms with Gasteiger partial charge in [-0.1, -0.05) is 30.3 Å². The van der Waals surface area contributed by atoms with Crippen molar-refractivity contribution >= 4 is 23.0 Å². The largest absolute Gasteiger partial charge is 0.496 e. The lowest BCUT2D eigenvalue weighted by molar-refractivity contribution is -0.121. The molecular weight excluding hydrogens is 350 g/mol. The lowest BCUT2D eigenvalue weighted by atomic mass is 9.95. The van der Waals surface area contributed by atoms with Crippen molar-refractivity contribution < 1.29 is 9.53 Å². The van der Waals surface area contributed by atoms with Gasteiger partial charge in [-0.05, 0) is 49.4 Å². The fourth-order valence-corrected chi connectivity index (χ4v) is 4.06. The van der Waals surface area contributed by atoms with Gasteiger partial charge in [-0.25, -0.2) is 5.43 Å². The minimum Gasteiger partial charge on any atom is -0.496 e. The minimum absolute atomic E-state index is 0.0894. The van der Waals surface area contributed by atoms with Gasteiger partial charge in [0.1, 0.15) is 5.75 Å². The van der Waals surface area contributed by atoms with E-state index in [1.807, 2.05) is 24.3 Å². The average molecular weight is 375 g/mol. The number of benzene rings is 2. The number of carbonyl (C=O) groups is 1. The SMILES string of the molecule is COc1ccccc1/C=N/NC(=O)CCn1c2c(c3ccccc31)CCCC2. The molecule has 0 radical (unpaired) electrons. The summed E-state index contributed by atoms with van der Waals surface area (Å²) in [4.78, 5) is 12.3. The van der Waals surface area contributed by atoms with E-state index in [1.54, 1.807) is 13.3 Å². The van der Waals surface area contributed by atoms with Crippen molar-refractivity contribution in [1.82, 2.24) is 9.99 Å². The van der Waals surface area contributed by atoms with Crippen molar-refractivity contribution in [1.29, 1.82) is 0 Å². The Morgan fingerprint density at radius 3 is 2.82 bits per heavy atom. The molecular formula is C23H25N3O2. The molecule has 0 atom stereocenters. The van der Waals surface area contributed by atoms with Crippen LogP contribution in [0.25, 0.3) is 10.9 Å². The van der Waals surface area contributed by atoms with Crippen molar-refractivity contribution in [2.24, 2.45) is 5.10 Å². The Labute approximate surface area is 165 Å². The molecule has 1 aliphatic rings. The van der Waals surface area contributed by atoms with Gasteiger partial charge in [0.05, 0.1) is 13.3 Å². The van der Waals surface area contributed by atoms with E-state index in [1.165, 1.54) is 35.0 Å². The van der Waals surface area contributed by atoms with Gasteiger partial charge in [0.2, 0.25) is 5.91 Å². The van der Waals surface area contributed by atoms with Crippen molar-refractivity contribution in [2.75, 3.05) is 7.11 Å². The van der Waals surface area contributed by atoms with Crippen LogP contribution in [0.15, 0.2) is 53.6 Å². The predicted molar refractivity (Wildman–Crippen MR) is 112 cm³/mol. The monoisotopic (exact) mass is 375 g/mol. The van der Waals surface area contributed by atoms with Gasteiger partial charge in [-0.15, -0.1) is 0 Å². The van der Waals surface area contributed by atoms with Gasteiger partial charge in [0.25, 0.3) is 0 Å². The zero-order valence-corrected chi connectivity index (χ0v) is 16.1. The lowest BCUT2D eigenvalue weighted by Crippen LogP contribution is -2.20. The summed E-state index contributed by atoms with van der Waals surface area (Å²) in [5, 5.41) is 5.43. The van der Waals surface area contributed by atoms with E-state index in [4.69, 9.17) is 4.74 Å². The Morgan fingerprint density at radius 1 is 1.14 bits per heavy atom. The van der Waals surface area contributed by atoms with Crippen LogP contribution in [0.5, 0.6) is 5.75 Å². The Bertz CT molecular complexity index is 1020. The zero-order chi connectivity index (χ0) is 19.3. The van der Waals surface area contributed by atoms with E-state index in [2.05, 4.69) is 39.4 Å². The summed E-state index contributed by atoms with van der Waals surface area (Å²) in [6, 6.07) is 16.1. The van der Waals surface area contributed by atoms with Crippen LogP contribution < -0.4 is 10.2 Å². The van der Waals surface area contributed by atoms with Gasteiger partial charge >= 0.3 is 0 Å². The Hall–Kier alpha value is -3.08. The van der Waals surface area contributed by atoms with Gasteiger partial charge in [-0.2, -0.15) is 5.10 Å². The number of nitrogens with one attached hydrogen (secondary N) is 1. The number of para-hydroxylation sites is 2.